The van der Waals surface area contributed by atoms with Crippen LogP contribution in [0, 0.1) is 0 Å². The number of aromatic nitrogens is 2. The van der Waals surface area contributed by atoms with Crippen LogP contribution < -0.4 is 21.1 Å². The van der Waals surface area contributed by atoms with Crippen molar-refractivity contribution >= 4 is 17.7 Å². The second-order valence-electron chi connectivity index (χ2n) is 10.2. The predicted molar refractivity (Wildman–Crippen MR) is 135 cm³/mol. The molecule has 1 aromatic heterocycles. The number of H-pyrrole nitrogens is 1. The van der Waals surface area contributed by atoms with Gasteiger partial charge in [0.05, 0.1) is 12.4 Å². The number of carbonyl (C=O) groups excluding carboxylic acids is 3. The Hall–Kier alpha value is -3.24. The molecule has 0 fully saturated rings. The van der Waals surface area contributed by atoms with Crippen LogP contribution in [0.3, 0.4) is 0 Å². The molecule has 10 nitrogen and oxygen atoms in total. The van der Waals surface area contributed by atoms with Gasteiger partial charge in [0.25, 0.3) is 0 Å². The normalized spacial score (nSPS) is 16.0. The summed E-state index contributed by atoms with van der Waals surface area (Å²) in [5.74, 6) is -0.326. The molecule has 0 bridgehead atoms. The minimum atomic E-state index is -0.955. The molecule has 10 heteroatoms. The number of nitrogens with two attached hydrogens (primary N) is 1. The summed E-state index contributed by atoms with van der Waals surface area (Å²) in [6.45, 7) is 7.99. The van der Waals surface area contributed by atoms with Crippen LogP contribution in [0.15, 0.2) is 30.7 Å². The summed E-state index contributed by atoms with van der Waals surface area (Å²) in [5, 5.41) is 6.01. The number of ether oxygens (including phenoxy) is 2. The van der Waals surface area contributed by atoms with Gasteiger partial charge in [-0.1, -0.05) is 12.1 Å². The van der Waals surface area contributed by atoms with Gasteiger partial charge in [0.1, 0.15) is 24.5 Å². The molecule has 0 saturated carbocycles. The number of hydrogen-bond acceptors (Lipinski definition) is 8. The fraction of sp³-hybridized carbons (Fsp3) is 0.538. The Morgan fingerprint density at radius 1 is 1.25 bits per heavy atom. The van der Waals surface area contributed by atoms with Crippen LogP contribution in [-0.4, -0.2) is 64.5 Å². The van der Waals surface area contributed by atoms with Gasteiger partial charge in [-0.3, -0.25) is 9.59 Å². The van der Waals surface area contributed by atoms with Crippen molar-refractivity contribution in [2.45, 2.75) is 77.1 Å². The lowest BCUT2D eigenvalue weighted by atomic mass is 9.90. The maximum Gasteiger partial charge on any atom is 0.329 e. The van der Waals surface area contributed by atoms with E-state index in [1.54, 1.807) is 19.2 Å². The zero-order valence-corrected chi connectivity index (χ0v) is 21.4. The highest BCUT2D eigenvalue weighted by Gasteiger charge is 2.29. The van der Waals surface area contributed by atoms with Crippen molar-refractivity contribution in [1.82, 2.24) is 20.6 Å². The molecule has 0 spiro atoms. The summed E-state index contributed by atoms with van der Waals surface area (Å²) < 4.78 is 11.9. The molecule has 0 saturated heterocycles. The number of imidazole rings is 1. The van der Waals surface area contributed by atoms with Gasteiger partial charge in [-0.05, 0) is 46.6 Å². The summed E-state index contributed by atoms with van der Waals surface area (Å²) in [7, 11) is 0. The molecule has 36 heavy (non-hydrogen) atoms. The summed E-state index contributed by atoms with van der Waals surface area (Å²) in [4.78, 5) is 44.7. The summed E-state index contributed by atoms with van der Waals surface area (Å²) >= 11 is 0. The number of fused-ring (bicyclic) bond motifs is 1. The maximum absolute atomic E-state index is 13.2. The molecule has 1 aromatic carbocycles. The minimum Gasteiger partial charge on any atom is -0.489 e. The Balaban J connectivity index is 1.74. The Labute approximate surface area is 211 Å². The van der Waals surface area contributed by atoms with Gasteiger partial charge in [-0.15, -0.1) is 0 Å². The molecular weight excluding hydrogens is 462 g/mol. The maximum atomic E-state index is 13.2. The van der Waals surface area contributed by atoms with Crippen molar-refractivity contribution in [3.8, 4) is 5.75 Å². The van der Waals surface area contributed by atoms with E-state index in [1.165, 1.54) is 6.33 Å². The number of rotatable bonds is 11. The fourth-order valence-corrected chi connectivity index (χ4v) is 3.88. The molecule has 196 valence electrons. The summed E-state index contributed by atoms with van der Waals surface area (Å²) in [5.41, 5.74) is 7.73. The lowest BCUT2D eigenvalue weighted by Gasteiger charge is -2.27. The molecule has 1 aliphatic carbocycles. The minimum absolute atomic E-state index is 0.0808. The topological polar surface area (TPSA) is 148 Å². The number of ketones is 1. The Kier molecular flexibility index (Phi) is 9.22. The highest BCUT2D eigenvalue weighted by molar-refractivity contribution is 5.99. The van der Waals surface area contributed by atoms with Gasteiger partial charge in [-0.25, -0.2) is 9.78 Å². The number of carbonyl (C=O) groups is 3. The average Bonchev–Trinajstić information content (AvgIpc) is 3.33. The largest absolute Gasteiger partial charge is 0.489 e. The van der Waals surface area contributed by atoms with Crippen molar-refractivity contribution in [3.63, 3.8) is 0 Å². The fourth-order valence-electron chi connectivity index (χ4n) is 3.88. The van der Waals surface area contributed by atoms with E-state index < -0.39 is 30.1 Å². The number of Topliss-reactive ketones (excluding diaryl/α,β-unsaturated/α-hetero) is 1. The first-order valence-electron chi connectivity index (χ1n) is 12.3. The molecule has 5 N–H and O–H groups in total. The summed E-state index contributed by atoms with van der Waals surface area (Å²) in [6, 6.07) is 3.72. The highest BCUT2D eigenvalue weighted by Crippen LogP contribution is 2.29. The lowest BCUT2D eigenvalue weighted by Crippen LogP contribution is -2.51. The van der Waals surface area contributed by atoms with Crippen molar-refractivity contribution in [3.05, 3.63) is 47.5 Å². The molecule has 2 unspecified atom stereocenters. The van der Waals surface area contributed by atoms with Gasteiger partial charge >= 0.3 is 5.97 Å². The number of nitrogens with one attached hydrogen (secondary N) is 3. The third-order valence-electron chi connectivity index (χ3n) is 5.83. The van der Waals surface area contributed by atoms with E-state index in [1.807, 2.05) is 32.9 Å². The monoisotopic (exact) mass is 499 g/mol. The quantitative estimate of drug-likeness (QED) is 0.341. The van der Waals surface area contributed by atoms with Gasteiger partial charge < -0.3 is 30.8 Å². The smallest absolute Gasteiger partial charge is 0.329 e. The van der Waals surface area contributed by atoms with E-state index in [0.29, 0.717) is 30.0 Å². The molecule has 2 aromatic rings. The predicted octanol–water partition coefficient (Wildman–Crippen LogP) is 1.68. The van der Waals surface area contributed by atoms with Crippen LogP contribution in [0.5, 0.6) is 5.75 Å². The van der Waals surface area contributed by atoms with Crippen molar-refractivity contribution in [2.24, 2.45) is 5.73 Å². The molecule has 0 radical (unpaired) electrons. The average molecular weight is 500 g/mol. The molecule has 3 atom stereocenters. The van der Waals surface area contributed by atoms with E-state index in [0.717, 1.165) is 18.4 Å². The number of nitrogens with zero attached hydrogens (tertiary/aromatic N) is 1. The Morgan fingerprint density at radius 2 is 2.03 bits per heavy atom. The van der Waals surface area contributed by atoms with Crippen molar-refractivity contribution in [1.29, 1.82) is 0 Å². The number of esters is 1. The van der Waals surface area contributed by atoms with Crippen molar-refractivity contribution in [2.75, 3.05) is 13.2 Å². The first-order chi connectivity index (χ1) is 17.0. The van der Waals surface area contributed by atoms with Crippen LogP contribution >= 0.6 is 0 Å². The van der Waals surface area contributed by atoms with Crippen LogP contribution in [-0.2, 0) is 27.2 Å². The lowest BCUT2D eigenvalue weighted by molar-refractivity contribution is -0.154. The van der Waals surface area contributed by atoms with Crippen LogP contribution in [0.2, 0.25) is 0 Å². The second-order valence-corrected chi connectivity index (χ2v) is 10.2. The van der Waals surface area contributed by atoms with Crippen LogP contribution in [0.4, 0.5) is 0 Å². The van der Waals surface area contributed by atoms with Gasteiger partial charge in [0.15, 0.2) is 5.78 Å². The number of benzene rings is 1. The zero-order valence-electron chi connectivity index (χ0n) is 21.4. The van der Waals surface area contributed by atoms with E-state index in [2.05, 4.69) is 20.6 Å². The third kappa shape index (κ3) is 7.89. The standard InChI is InChI=1S/C26H37N5O5/c1-16(27)24(33)31-21(11-17-12-28-15-29-17)25(34)36-18(13-30-26(2,3)4)14-35-23-10-6-7-19-20(23)8-5-9-22(19)32/h6-7,10,12,15-16,18,21,30H,5,8-9,11,13-14,27H2,1-4H3,(H,28,29)(H,31,33)/t16?,18-,21?/m1/s1. The molecule has 1 heterocycles. The Morgan fingerprint density at radius 3 is 2.69 bits per heavy atom. The number of aromatic amines is 1. The van der Waals surface area contributed by atoms with Gasteiger partial charge in [0, 0.05) is 47.9 Å². The molecule has 3 rings (SSSR count). The van der Waals surface area contributed by atoms with Crippen LogP contribution in [0.25, 0.3) is 0 Å². The third-order valence-corrected chi connectivity index (χ3v) is 5.83. The SMILES string of the molecule is CC(N)C(=O)NC(Cc1cnc[nH]1)C(=O)O[C@H](CNC(C)(C)C)COc1cccc2c1CCCC2=O. The van der Waals surface area contributed by atoms with Gasteiger partial charge in [-0.2, -0.15) is 0 Å². The molecule has 1 amide bonds. The first-order valence-corrected chi connectivity index (χ1v) is 12.3. The van der Waals surface area contributed by atoms with E-state index in [4.69, 9.17) is 15.2 Å². The van der Waals surface area contributed by atoms with Crippen molar-refractivity contribution < 1.29 is 23.9 Å². The van der Waals surface area contributed by atoms with Gasteiger partial charge in [0.2, 0.25) is 5.91 Å². The van der Waals surface area contributed by atoms with Crippen LogP contribution in [0.1, 0.15) is 62.2 Å². The van der Waals surface area contributed by atoms with E-state index in [-0.39, 0.29) is 24.3 Å². The van der Waals surface area contributed by atoms with E-state index >= 15 is 0 Å². The second kappa shape index (κ2) is 12.1. The first kappa shape index (κ1) is 27.3. The molecule has 0 aliphatic heterocycles. The Bertz CT molecular complexity index is 1050. The molecule has 1 aliphatic rings. The number of hydrogen-bond donors (Lipinski definition) is 4. The summed E-state index contributed by atoms with van der Waals surface area (Å²) in [6.07, 6.45) is 4.69. The van der Waals surface area contributed by atoms with E-state index in [9.17, 15) is 14.4 Å². The zero-order chi connectivity index (χ0) is 26.3. The number of amides is 1. The molecular formula is C26H37N5O5. The highest BCUT2D eigenvalue weighted by atomic mass is 16.6.